The molecule has 0 fully saturated rings. The van der Waals surface area contributed by atoms with Crippen LogP contribution in [0.5, 0.6) is 0 Å². The summed E-state index contributed by atoms with van der Waals surface area (Å²) in [6.45, 7) is 1.78. The lowest BCUT2D eigenvalue weighted by atomic mass is 10.1. The van der Waals surface area contributed by atoms with Gasteiger partial charge in [0.2, 0.25) is 0 Å². The first-order valence-electron chi connectivity index (χ1n) is 9.27. The second kappa shape index (κ2) is 10.9. The van der Waals surface area contributed by atoms with Crippen LogP contribution in [0.25, 0.3) is 6.08 Å². The molecular formula is C22H24F3NO4. The predicted molar refractivity (Wildman–Crippen MR) is 106 cm³/mol. The largest absolute Gasteiger partial charge is 0.466 e. The Bertz CT molecular complexity index is 850. The zero-order valence-electron chi connectivity index (χ0n) is 16.6. The lowest BCUT2D eigenvalue weighted by Gasteiger charge is -2.17. The molecular weight excluding hydrogens is 399 g/mol. The third-order valence-corrected chi connectivity index (χ3v) is 4.28. The van der Waals surface area contributed by atoms with Crippen LogP contribution in [0.2, 0.25) is 0 Å². The van der Waals surface area contributed by atoms with Gasteiger partial charge in [0.05, 0.1) is 31.4 Å². The maximum atomic E-state index is 12.8. The first kappa shape index (κ1) is 23.6. The molecule has 2 aromatic carbocycles. The molecule has 2 unspecified atom stereocenters. The maximum absolute atomic E-state index is 12.8. The van der Waals surface area contributed by atoms with Crippen LogP contribution in [0, 0.1) is 0 Å². The molecule has 0 bridgehead atoms. The van der Waals surface area contributed by atoms with Gasteiger partial charge in [-0.3, -0.25) is 4.84 Å². The normalized spacial score (nSPS) is 13.9. The Morgan fingerprint density at radius 1 is 1.20 bits per heavy atom. The van der Waals surface area contributed by atoms with Gasteiger partial charge in [-0.1, -0.05) is 36.4 Å². The van der Waals surface area contributed by atoms with Crippen molar-refractivity contribution in [1.29, 1.82) is 0 Å². The Hall–Kier alpha value is -2.68. The van der Waals surface area contributed by atoms with Crippen molar-refractivity contribution in [3.05, 3.63) is 76.9 Å². The van der Waals surface area contributed by atoms with Gasteiger partial charge in [-0.25, -0.2) is 4.79 Å². The Morgan fingerprint density at radius 2 is 1.90 bits per heavy atom. The number of ether oxygens (including phenoxy) is 1. The average molecular weight is 423 g/mol. The number of carbonyl (C=O) groups is 1. The standard InChI is InChI=1S/C22H24F3NO4/c1-15(12-17-8-6-16(7-9-17)10-11-21(28)29-2)30-26-14-20(27)18-4-3-5-19(13-18)22(23,24)25/h3-11,13,15,20,26-27H,12,14H2,1-2H3. The fourth-order valence-electron chi connectivity index (χ4n) is 2.68. The minimum absolute atomic E-state index is 0.0527. The van der Waals surface area contributed by atoms with Crippen LogP contribution in [0.3, 0.4) is 0 Å². The topological polar surface area (TPSA) is 67.8 Å². The molecule has 2 atom stereocenters. The number of aliphatic hydroxyl groups excluding tert-OH is 1. The highest BCUT2D eigenvalue weighted by molar-refractivity contribution is 5.86. The minimum atomic E-state index is -4.46. The molecule has 0 saturated carbocycles. The first-order chi connectivity index (χ1) is 14.2. The quantitative estimate of drug-likeness (QED) is 0.362. The van der Waals surface area contributed by atoms with Crippen LogP contribution < -0.4 is 5.48 Å². The van der Waals surface area contributed by atoms with Gasteiger partial charge in [-0.15, -0.1) is 0 Å². The third-order valence-electron chi connectivity index (χ3n) is 4.28. The molecule has 0 saturated heterocycles. The molecule has 0 aliphatic carbocycles. The van der Waals surface area contributed by atoms with Crippen LogP contribution >= 0.6 is 0 Å². The van der Waals surface area contributed by atoms with Crippen molar-refractivity contribution in [1.82, 2.24) is 5.48 Å². The summed E-state index contributed by atoms with van der Waals surface area (Å²) in [5, 5.41) is 10.1. The lowest BCUT2D eigenvalue weighted by molar-refractivity contribution is -0.137. The zero-order valence-corrected chi connectivity index (χ0v) is 16.6. The molecule has 30 heavy (non-hydrogen) atoms. The van der Waals surface area contributed by atoms with Gasteiger partial charge >= 0.3 is 12.1 Å². The number of alkyl halides is 3. The molecule has 5 nitrogen and oxygen atoms in total. The second-order valence-electron chi connectivity index (χ2n) is 6.72. The summed E-state index contributed by atoms with van der Waals surface area (Å²) < 4.78 is 42.8. The van der Waals surface area contributed by atoms with E-state index in [1.807, 2.05) is 31.2 Å². The molecule has 0 aliphatic heterocycles. The van der Waals surface area contributed by atoms with E-state index in [-0.39, 0.29) is 18.2 Å². The number of hydrogen-bond acceptors (Lipinski definition) is 5. The van der Waals surface area contributed by atoms with E-state index < -0.39 is 23.8 Å². The number of hydroxylamine groups is 1. The Morgan fingerprint density at radius 3 is 2.53 bits per heavy atom. The number of carbonyl (C=O) groups excluding carboxylic acids is 1. The summed E-state index contributed by atoms with van der Waals surface area (Å²) in [6, 6.07) is 12.1. The van der Waals surface area contributed by atoms with E-state index in [9.17, 15) is 23.1 Å². The monoisotopic (exact) mass is 423 g/mol. The summed E-state index contributed by atoms with van der Waals surface area (Å²) in [6.07, 6.45) is -2.28. The van der Waals surface area contributed by atoms with Crippen LogP contribution in [-0.4, -0.2) is 30.8 Å². The van der Waals surface area contributed by atoms with Crippen molar-refractivity contribution in [3.63, 3.8) is 0 Å². The predicted octanol–water partition coefficient (Wildman–Crippen LogP) is 4.08. The van der Waals surface area contributed by atoms with E-state index >= 15 is 0 Å². The molecule has 8 heteroatoms. The number of aliphatic hydroxyl groups is 1. The SMILES string of the molecule is COC(=O)C=Cc1ccc(CC(C)ONCC(O)c2cccc(C(F)(F)F)c2)cc1. The van der Waals surface area contributed by atoms with Gasteiger partial charge in [-0.05, 0) is 41.8 Å². The fraction of sp³-hybridized carbons (Fsp3) is 0.318. The van der Waals surface area contributed by atoms with Crippen LogP contribution in [0.15, 0.2) is 54.6 Å². The molecule has 0 aliphatic rings. The number of benzene rings is 2. The van der Waals surface area contributed by atoms with Gasteiger partial charge in [0.1, 0.15) is 0 Å². The number of hydrogen-bond donors (Lipinski definition) is 2. The molecule has 0 radical (unpaired) electrons. The molecule has 0 spiro atoms. The van der Waals surface area contributed by atoms with Crippen molar-refractivity contribution >= 4 is 12.0 Å². The van der Waals surface area contributed by atoms with Crippen molar-refractivity contribution in [3.8, 4) is 0 Å². The number of esters is 1. The molecule has 0 amide bonds. The molecule has 2 rings (SSSR count). The Kier molecular flexibility index (Phi) is 8.58. The van der Waals surface area contributed by atoms with Crippen molar-refractivity contribution < 1.29 is 32.6 Å². The summed E-state index contributed by atoms with van der Waals surface area (Å²) in [5.74, 6) is -0.431. The Labute approximate surface area is 173 Å². The van der Waals surface area contributed by atoms with Crippen LogP contribution in [-0.2, 0) is 27.0 Å². The summed E-state index contributed by atoms with van der Waals surface area (Å²) in [7, 11) is 1.31. The van der Waals surface area contributed by atoms with E-state index in [1.54, 1.807) is 6.08 Å². The Balaban J connectivity index is 1.80. The lowest BCUT2D eigenvalue weighted by Crippen LogP contribution is -2.27. The highest BCUT2D eigenvalue weighted by atomic mass is 19.4. The van der Waals surface area contributed by atoms with Crippen LogP contribution in [0.4, 0.5) is 13.2 Å². The van der Waals surface area contributed by atoms with Gasteiger partial charge in [0, 0.05) is 12.5 Å². The van der Waals surface area contributed by atoms with Crippen molar-refractivity contribution in [2.75, 3.05) is 13.7 Å². The first-order valence-corrected chi connectivity index (χ1v) is 9.27. The molecule has 0 aromatic heterocycles. The minimum Gasteiger partial charge on any atom is -0.466 e. The van der Waals surface area contributed by atoms with Gasteiger partial charge in [0.15, 0.2) is 0 Å². The number of rotatable bonds is 9. The maximum Gasteiger partial charge on any atom is 0.416 e. The van der Waals surface area contributed by atoms with Gasteiger partial charge in [0.25, 0.3) is 0 Å². The highest BCUT2D eigenvalue weighted by Gasteiger charge is 2.30. The van der Waals surface area contributed by atoms with E-state index in [2.05, 4.69) is 10.2 Å². The van der Waals surface area contributed by atoms with E-state index in [4.69, 9.17) is 4.84 Å². The van der Waals surface area contributed by atoms with E-state index in [0.717, 1.165) is 23.3 Å². The van der Waals surface area contributed by atoms with Crippen molar-refractivity contribution in [2.45, 2.75) is 31.7 Å². The smallest absolute Gasteiger partial charge is 0.416 e. The molecule has 0 heterocycles. The highest BCUT2D eigenvalue weighted by Crippen LogP contribution is 2.30. The molecule has 162 valence electrons. The van der Waals surface area contributed by atoms with Crippen LogP contribution in [0.1, 0.15) is 35.3 Å². The van der Waals surface area contributed by atoms with E-state index in [1.165, 1.54) is 25.3 Å². The average Bonchev–Trinajstić information content (AvgIpc) is 2.72. The number of halogens is 3. The van der Waals surface area contributed by atoms with Gasteiger partial charge < -0.3 is 9.84 Å². The third kappa shape index (κ3) is 7.62. The summed E-state index contributed by atoms with van der Waals surface area (Å²) in [5.41, 5.74) is 3.81. The second-order valence-corrected chi connectivity index (χ2v) is 6.72. The van der Waals surface area contributed by atoms with E-state index in [0.29, 0.717) is 6.42 Å². The fourth-order valence-corrected chi connectivity index (χ4v) is 2.68. The van der Waals surface area contributed by atoms with Gasteiger partial charge in [-0.2, -0.15) is 18.7 Å². The number of methoxy groups -OCH3 is 1. The summed E-state index contributed by atoms with van der Waals surface area (Å²) >= 11 is 0. The van der Waals surface area contributed by atoms with Crippen molar-refractivity contribution in [2.24, 2.45) is 0 Å². The zero-order chi connectivity index (χ0) is 22.1. The molecule has 2 N–H and O–H groups in total. The number of nitrogens with one attached hydrogen (secondary N) is 1. The molecule has 2 aromatic rings. The summed E-state index contributed by atoms with van der Waals surface area (Å²) in [4.78, 5) is 16.5.